The highest BCUT2D eigenvalue weighted by atomic mass is 16.2. The first-order valence-corrected chi connectivity index (χ1v) is 7.42. The van der Waals surface area contributed by atoms with Gasteiger partial charge in [0.15, 0.2) is 0 Å². The standard InChI is InChI=1S/C17H17N5O2/c1-11-20-15-5-3-2-4-14(15)17(24)22(11)13-8-6-12(7-9-13)21-16(23)10-19-18/h2-9,19H,10,18H2,1H3,(H,21,23). The zero-order chi connectivity index (χ0) is 17.1. The molecule has 3 aromatic rings. The summed E-state index contributed by atoms with van der Waals surface area (Å²) in [4.78, 5) is 28.7. The van der Waals surface area contributed by atoms with Gasteiger partial charge in [-0.1, -0.05) is 12.1 Å². The summed E-state index contributed by atoms with van der Waals surface area (Å²) in [5, 5.41) is 3.26. The Morgan fingerprint density at radius 3 is 2.58 bits per heavy atom. The van der Waals surface area contributed by atoms with E-state index >= 15 is 0 Å². The Balaban J connectivity index is 1.99. The summed E-state index contributed by atoms with van der Waals surface area (Å²) in [7, 11) is 0. The number of amides is 1. The van der Waals surface area contributed by atoms with Crippen molar-refractivity contribution < 1.29 is 4.79 Å². The summed E-state index contributed by atoms with van der Waals surface area (Å²) in [5.41, 5.74) is 4.15. The van der Waals surface area contributed by atoms with Crippen LogP contribution in [-0.4, -0.2) is 22.0 Å². The van der Waals surface area contributed by atoms with Crippen molar-refractivity contribution in [3.05, 3.63) is 64.7 Å². The number of hydrogen-bond acceptors (Lipinski definition) is 5. The third-order valence-electron chi connectivity index (χ3n) is 3.62. The fraction of sp³-hybridized carbons (Fsp3) is 0.118. The predicted octanol–water partition coefficient (Wildman–Crippen LogP) is 1.10. The molecule has 0 aliphatic rings. The van der Waals surface area contributed by atoms with Crippen LogP contribution in [0.3, 0.4) is 0 Å². The van der Waals surface area contributed by atoms with Crippen molar-refractivity contribution in [2.45, 2.75) is 6.92 Å². The van der Waals surface area contributed by atoms with Crippen molar-refractivity contribution >= 4 is 22.5 Å². The smallest absolute Gasteiger partial charge is 0.265 e. The van der Waals surface area contributed by atoms with Crippen LogP contribution in [0.25, 0.3) is 16.6 Å². The van der Waals surface area contributed by atoms with Crippen molar-refractivity contribution in [3.8, 4) is 5.69 Å². The number of carbonyl (C=O) groups is 1. The first kappa shape index (κ1) is 15.9. The van der Waals surface area contributed by atoms with Crippen LogP contribution < -0.4 is 22.1 Å². The maximum atomic E-state index is 12.7. The molecule has 2 aromatic carbocycles. The number of rotatable bonds is 4. The van der Waals surface area contributed by atoms with E-state index in [1.165, 1.54) is 0 Å². The van der Waals surface area contributed by atoms with Gasteiger partial charge < -0.3 is 5.32 Å². The van der Waals surface area contributed by atoms with Crippen LogP contribution >= 0.6 is 0 Å². The molecule has 122 valence electrons. The Labute approximate surface area is 138 Å². The summed E-state index contributed by atoms with van der Waals surface area (Å²) in [6.07, 6.45) is 0. The number of benzene rings is 2. The molecule has 7 nitrogen and oxygen atoms in total. The van der Waals surface area contributed by atoms with E-state index in [1.54, 1.807) is 41.8 Å². The van der Waals surface area contributed by atoms with E-state index in [4.69, 9.17) is 5.84 Å². The van der Waals surface area contributed by atoms with Gasteiger partial charge in [0.1, 0.15) is 5.82 Å². The van der Waals surface area contributed by atoms with Crippen LogP contribution in [0.1, 0.15) is 5.82 Å². The lowest BCUT2D eigenvalue weighted by Crippen LogP contribution is -2.32. The Morgan fingerprint density at radius 2 is 1.88 bits per heavy atom. The maximum Gasteiger partial charge on any atom is 0.265 e. The quantitative estimate of drug-likeness (QED) is 0.493. The lowest BCUT2D eigenvalue weighted by atomic mass is 10.2. The number of para-hydroxylation sites is 1. The Morgan fingerprint density at radius 1 is 1.17 bits per heavy atom. The van der Waals surface area contributed by atoms with Gasteiger partial charge in [0.25, 0.3) is 5.56 Å². The number of nitrogens with zero attached hydrogens (tertiary/aromatic N) is 2. The largest absolute Gasteiger partial charge is 0.325 e. The van der Waals surface area contributed by atoms with E-state index in [0.717, 1.165) is 0 Å². The van der Waals surface area contributed by atoms with Crippen molar-refractivity contribution in [2.75, 3.05) is 11.9 Å². The number of hydrazine groups is 1. The molecule has 0 fully saturated rings. The molecule has 7 heteroatoms. The molecule has 0 radical (unpaired) electrons. The lowest BCUT2D eigenvalue weighted by molar-refractivity contribution is -0.115. The van der Waals surface area contributed by atoms with E-state index in [1.807, 2.05) is 18.2 Å². The minimum Gasteiger partial charge on any atom is -0.325 e. The van der Waals surface area contributed by atoms with Crippen molar-refractivity contribution in [2.24, 2.45) is 5.84 Å². The number of nitrogens with two attached hydrogens (primary N) is 1. The molecule has 1 amide bonds. The zero-order valence-corrected chi connectivity index (χ0v) is 13.1. The summed E-state index contributed by atoms with van der Waals surface area (Å²) < 4.78 is 1.55. The van der Waals surface area contributed by atoms with E-state index in [0.29, 0.717) is 28.1 Å². The number of fused-ring (bicyclic) bond motifs is 1. The fourth-order valence-corrected chi connectivity index (χ4v) is 2.54. The van der Waals surface area contributed by atoms with E-state index in [2.05, 4.69) is 15.7 Å². The third kappa shape index (κ3) is 3.03. The van der Waals surface area contributed by atoms with Gasteiger partial charge in [-0.25, -0.2) is 4.98 Å². The molecule has 0 unspecified atom stereocenters. The maximum absolute atomic E-state index is 12.7. The van der Waals surface area contributed by atoms with Gasteiger partial charge in [-0.15, -0.1) is 0 Å². The molecule has 1 heterocycles. The van der Waals surface area contributed by atoms with Gasteiger partial charge in [0.2, 0.25) is 5.91 Å². The number of aryl methyl sites for hydroxylation is 1. The predicted molar refractivity (Wildman–Crippen MR) is 92.9 cm³/mol. The monoisotopic (exact) mass is 323 g/mol. The van der Waals surface area contributed by atoms with Gasteiger partial charge in [0.05, 0.1) is 23.1 Å². The van der Waals surface area contributed by atoms with Crippen LogP contribution in [0.2, 0.25) is 0 Å². The summed E-state index contributed by atoms with van der Waals surface area (Å²) in [6.45, 7) is 1.81. The molecule has 24 heavy (non-hydrogen) atoms. The highest BCUT2D eigenvalue weighted by Gasteiger charge is 2.09. The van der Waals surface area contributed by atoms with Crippen LogP contribution in [0.15, 0.2) is 53.3 Å². The highest BCUT2D eigenvalue weighted by Crippen LogP contribution is 2.15. The van der Waals surface area contributed by atoms with Crippen molar-refractivity contribution in [1.29, 1.82) is 0 Å². The molecule has 0 aliphatic carbocycles. The average Bonchev–Trinajstić information content (AvgIpc) is 2.56. The van der Waals surface area contributed by atoms with Gasteiger partial charge in [0, 0.05) is 5.69 Å². The first-order valence-electron chi connectivity index (χ1n) is 7.42. The van der Waals surface area contributed by atoms with Crippen molar-refractivity contribution in [3.63, 3.8) is 0 Å². The van der Waals surface area contributed by atoms with Gasteiger partial charge in [-0.2, -0.15) is 0 Å². The number of nitrogens with one attached hydrogen (secondary N) is 2. The van der Waals surface area contributed by atoms with Gasteiger partial charge in [-0.05, 0) is 43.3 Å². The lowest BCUT2D eigenvalue weighted by Gasteiger charge is -2.12. The SMILES string of the molecule is Cc1nc2ccccc2c(=O)n1-c1ccc(NC(=O)CNN)cc1. The van der Waals surface area contributed by atoms with Crippen LogP contribution in [0.5, 0.6) is 0 Å². The number of carbonyl (C=O) groups excluding carboxylic acids is 1. The molecule has 3 rings (SSSR count). The minimum atomic E-state index is -0.244. The van der Waals surface area contributed by atoms with Crippen molar-refractivity contribution in [1.82, 2.24) is 15.0 Å². The molecule has 0 aliphatic heterocycles. The Kier molecular flexibility index (Phi) is 4.37. The molecule has 0 spiro atoms. The molecular formula is C17H17N5O2. The third-order valence-corrected chi connectivity index (χ3v) is 3.62. The molecule has 0 bridgehead atoms. The molecule has 0 saturated heterocycles. The molecule has 0 atom stereocenters. The second kappa shape index (κ2) is 6.61. The second-order valence-corrected chi connectivity index (χ2v) is 5.29. The highest BCUT2D eigenvalue weighted by molar-refractivity contribution is 5.92. The summed E-state index contributed by atoms with van der Waals surface area (Å²) in [6, 6.07) is 14.2. The Bertz CT molecular complexity index is 947. The first-order chi connectivity index (χ1) is 11.6. The number of aromatic nitrogens is 2. The molecule has 0 saturated carbocycles. The van der Waals surface area contributed by atoms with Crippen LogP contribution in [-0.2, 0) is 4.79 Å². The van der Waals surface area contributed by atoms with Gasteiger partial charge >= 0.3 is 0 Å². The second-order valence-electron chi connectivity index (χ2n) is 5.29. The van der Waals surface area contributed by atoms with Gasteiger partial charge in [-0.3, -0.25) is 25.4 Å². The normalized spacial score (nSPS) is 10.8. The average molecular weight is 323 g/mol. The topological polar surface area (TPSA) is 102 Å². The number of anilines is 1. The molecule has 1 aromatic heterocycles. The fourth-order valence-electron chi connectivity index (χ4n) is 2.54. The van der Waals surface area contributed by atoms with E-state index in [-0.39, 0.29) is 18.0 Å². The van der Waals surface area contributed by atoms with Crippen LogP contribution in [0, 0.1) is 6.92 Å². The minimum absolute atomic E-state index is 0.0227. The van der Waals surface area contributed by atoms with E-state index in [9.17, 15) is 9.59 Å². The molecule has 4 N–H and O–H groups in total. The molecular weight excluding hydrogens is 306 g/mol. The summed E-state index contributed by atoms with van der Waals surface area (Å²) in [5.74, 6) is 5.46. The number of hydrogen-bond donors (Lipinski definition) is 3. The summed E-state index contributed by atoms with van der Waals surface area (Å²) >= 11 is 0. The Hall–Kier alpha value is -3.03. The zero-order valence-electron chi connectivity index (χ0n) is 13.1. The van der Waals surface area contributed by atoms with Crippen LogP contribution in [0.4, 0.5) is 5.69 Å². The van der Waals surface area contributed by atoms with E-state index < -0.39 is 0 Å².